The standard InChI is InChI=1S/C10H9BrF2O2/c1-15-10(14)3-2-7-8(12)4-6(11)5-9(7)13/h4-5H,2-3H2,1H3. The van der Waals surface area contributed by atoms with Crippen LogP contribution in [0.5, 0.6) is 0 Å². The lowest BCUT2D eigenvalue weighted by molar-refractivity contribution is -0.140. The van der Waals surface area contributed by atoms with Crippen molar-refractivity contribution in [2.24, 2.45) is 0 Å². The van der Waals surface area contributed by atoms with Crippen molar-refractivity contribution in [3.63, 3.8) is 0 Å². The second kappa shape index (κ2) is 5.21. The van der Waals surface area contributed by atoms with Crippen molar-refractivity contribution in [1.29, 1.82) is 0 Å². The van der Waals surface area contributed by atoms with Gasteiger partial charge in [0.25, 0.3) is 0 Å². The number of ether oxygens (including phenoxy) is 1. The van der Waals surface area contributed by atoms with Crippen LogP contribution >= 0.6 is 15.9 Å². The van der Waals surface area contributed by atoms with E-state index in [2.05, 4.69) is 20.7 Å². The molecule has 0 fully saturated rings. The van der Waals surface area contributed by atoms with Crippen LogP contribution in [0.15, 0.2) is 16.6 Å². The Bertz CT molecular complexity index is 357. The minimum Gasteiger partial charge on any atom is -0.469 e. The largest absolute Gasteiger partial charge is 0.469 e. The molecule has 0 unspecified atom stereocenters. The number of hydrogen-bond donors (Lipinski definition) is 0. The first-order valence-corrected chi connectivity index (χ1v) is 5.04. The Balaban J connectivity index is 2.81. The Kier molecular flexibility index (Phi) is 4.20. The van der Waals surface area contributed by atoms with Gasteiger partial charge in [0.2, 0.25) is 0 Å². The van der Waals surface area contributed by atoms with Gasteiger partial charge < -0.3 is 4.74 Å². The lowest BCUT2D eigenvalue weighted by Crippen LogP contribution is -2.04. The van der Waals surface area contributed by atoms with E-state index in [9.17, 15) is 13.6 Å². The first-order chi connectivity index (χ1) is 7.04. The predicted molar refractivity (Wildman–Crippen MR) is 54.4 cm³/mol. The van der Waals surface area contributed by atoms with Gasteiger partial charge in [-0.15, -0.1) is 0 Å². The summed E-state index contributed by atoms with van der Waals surface area (Å²) < 4.78 is 31.2. The van der Waals surface area contributed by atoms with E-state index in [-0.39, 0.29) is 18.4 Å². The molecule has 5 heteroatoms. The predicted octanol–water partition coefficient (Wildman–Crippen LogP) is 2.83. The molecule has 1 aromatic rings. The molecule has 0 radical (unpaired) electrons. The number of rotatable bonds is 3. The van der Waals surface area contributed by atoms with E-state index < -0.39 is 17.6 Å². The number of carbonyl (C=O) groups excluding carboxylic acids is 1. The Labute approximate surface area is 94.4 Å². The van der Waals surface area contributed by atoms with Gasteiger partial charge in [-0.3, -0.25) is 4.79 Å². The molecular formula is C10H9BrF2O2. The molecule has 0 saturated heterocycles. The fraction of sp³-hybridized carbons (Fsp3) is 0.300. The molecule has 0 heterocycles. The van der Waals surface area contributed by atoms with Gasteiger partial charge in [-0.2, -0.15) is 0 Å². The zero-order valence-corrected chi connectivity index (χ0v) is 9.61. The van der Waals surface area contributed by atoms with Gasteiger partial charge in [-0.25, -0.2) is 8.78 Å². The quantitative estimate of drug-likeness (QED) is 0.795. The molecule has 0 aliphatic carbocycles. The lowest BCUT2D eigenvalue weighted by atomic mass is 10.1. The third-order valence-corrected chi connectivity index (χ3v) is 2.37. The van der Waals surface area contributed by atoms with Crippen molar-refractivity contribution in [2.75, 3.05) is 7.11 Å². The monoisotopic (exact) mass is 278 g/mol. The van der Waals surface area contributed by atoms with E-state index in [0.717, 1.165) is 12.1 Å². The van der Waals surface area contributed by atoms with E-state index in [1.54, 1.807) is 0 Å². The van der Waals surface area contributed by atoms with Crippen LogP contribution in [0.4, 0.5) is 8.78 Å². The minimum absolute atomic E-state index is 0.00236. The minimum atomic E-state index is -0.661. The van der Waals surface area contributed by atoms with Gasteiger partial charge in [0.15, 0.2) is 0 Å². The van der Waals surface area contributed by atoms with Crippen molar-refractivity contribution in [3.8, 4) is 0 Å². The lowest BCUT2D eigenvalue weighted by Gasteiger charge is -2.04. The summed E-state index contributed by atoms with van der Waals surface area (Å²) in [5, 5.41) is 0. The summed E-state index contributed by atoms with van der Waals surface area (Å²) in [5.41, 5.74) is -0.0939. The highest BCUT2D eigenvalue weighted by Crippen LogP contribution is 2.20. The van der Waals surface area contributed by atoms with Gasteiger partial charge in [-0.1, -0.05) is 15.9 Å². The number of methoxy groups -OCH3 is 1. The van der Waals surface area contributed by atoms with Crippen LogP contribution in [-0.2, 0) is 16.0 Å². The maximum absolute atomic E-state index is 13.2. The van der Waals surface area contributed by atoms with Gasteiger partial charge >= 0.3 is 5.97 Å². The first kappa shape index (κ1) is 12.1. The molecule has 0 amide bonds. The summed E-state index contributed by atoms with van der Waals surface area (Å²) in [4.78, 5) is 10.8. The topological polar surface area (TPSA) is 26.3 Å². The highest BCUT2D eigenvalue weighted by molar-refractivity contribution is 9.10. The average molecular weight is 279 g/mol. The summed E-state index contributed by atoms with van der Waals surface area (Å²) in [6.45, 7) is 0. The molecule has 0 spiro atoms. The molecule has 1 aromatic carbocycles. The second-order valence-corrected chi connectivity index (χ2v) is 3.84. The van der Waals surface area contributed by atoms with Gasteiger partial charge in [0.05, 0.1) is 7.11 Å². The fourth-order valence-electron chi connectivity index (χ4n) is 1.14. The molecule has 0 atom stereocenters. The normalized spacial score (nSPS) is 10.1. The number of hydrogen-bond acceptors (Lipinski definition) is 2. The molecule has 82 valence electrons. The molecule has 0 bridgehead atoms. The van der Waals surface area contributed by atoms with Crippen molar-refractivity contribution in [1.82, 2.24) is 0 Å². The van der Waals surface area contributed by atoms with Gasteiger partial charge in [0.1, 0.15) is 11.6 Å². The van der Waals surface area contributed by atoms with Crippen LogP contribution in [0, 0.1) is 11.6 Å². The van der Waals surface area contributed by atoms with Crippen molar-refractivity contribution < 1.29 is 18.3 Å². The number of halogens is 3. The molecule has 0 saturated carbocycles. The molecule has 0 aliphatic rings. The smallest absolute Gasteiger partial charge is 0.305 e. The van der Waals surface area contributed by atoms with Crippen LogP contribution in [0.3, 0.4) is 0 Å². The SMILES string of the molecule is COC(=O)CCc1c(F)cc(Br)cc1F. The highest BCUT2D eigenvalue weighted by Gasteiger charge is 2.12. The van der Waals surface area contributed by atoms with E-state index in [0.29, 0.717) is 4.47 Å². The van der Waals surface area contributed by atoms with Gasteiger partial charge in [0, 0.05) is 16.5 Å². The molecule has 0 aromatic heterocycles. The molecule has 2 nitrogen and oxygen atoms in total. The number of benzene rings is 1. The maximum atomic E-state index is 13.2. The van der Waals surface area contributed by atoms with E-state index >= 15 is 0 Å². The number of esters is 1. The third kappa shape index (κ3) is 3.27. The Morgan fingerprint density at radius 3 is 2.40 bits per heavy atom. The highest BCUT2D eigenvalue weighted by atomic mass is 79.9. The van der Waals surface area contributed by atoms with E-state index in [1.807, 2.05) is 0 Å². The van der Waals surface area contributed by atoms with Crippen molar-refractivity contribution in [2.45, 2.75) is 12.8 Å². The summed E-state index contributed by atoms with van der Waals surface area (Å²) in [7, 11) is 1.23. The average Bonchev–Trinajstić information content (AvgIpc) is 2.15. The maximum Gasteiger partial charge on any atom is 0.305 e. The molecule has 1 rings (SSSR count). The van der Waals surface area contributed by atoms with Crippen molar-refractivity contribution >= 4 is 21.9 Å². The molecular weight excluding hydrogens is 270 g/mol. The zero-order valence-electron chi connectivity index (χ0n) is 8.02. The zero-order chi connectivity index (χ0) is 11.4. The Hall–Kier alpha value is -0.970. The Morgan fingerprint density at radius 2 is 1.93 bits per heavy atom. The molecule has 0 N–H and O–H groups in total. The van der Waals surface area contributed by atoms with Crippen LogP contribution in [-0.4, -0.2) is 13.1 Å². The fourth-order valence-corrected chi connectivity index (χ4v) is 1.54. The van der Waals surface area contributed by atoms with Crippen LogP contribution < -0.4 is 0 Å². The van der Waals surface area contributed by atoms with Crippen LogP contribution in [0.1, 0.15) is 12.0 Å². The summed E-state index contributed by atoms with van der Waals surface area (Å²) >= 11 is 2.97. The van der Waals surface area contributed by atoms with E-state index in [4.69, 9.17) is 0 Å². The third-order valence-electron chi connectivity index (χ3n) is 1.91. The summed E-state index contributed by atoms with van der Waals surface area (Å²) in [6.07, 6.45) is -0.0381. The van der Waals surface area contributed by atoms with E-state index in [1.165, 1.54) is 7.11 Å². The molecule has 0 aliphatic heterocycles. The van der Waals surface area contributed by atoms with Gasteiger partial charge in [-0.05, 0) is 18.6 Å². The Morgan fingerprint density at radius 1 is 1.40 bits per heavy atom. The first-order valence-electron chi connectivity index (χ1n) is 4.25. The summed E-state index contributed by atoms with van der Waals surface area (Å²) in [6, 6.07) is 2.32. The number of carbonyl (C=O) groups is 1. The van der Waals surface area contributed by atoms with Crippen LogP contribution in [0.2, 0.25) is 0 Å². The van der Waals surface area contributed by atoms with Crippen LogP contribution in [0.25, 0.3) is 0 Å². The summed E-state index contributed by atoms with van der Waals surface area (Å²) in [5.74, 6) is -1.81. The van der Waals surface area contributed by atoms with Crippen molar-refractivity contribution in [3.05, 3.63) is 33.8 Å². The molecule has 15 heavy (non-hydrogen) atoms. The second-order valence-electron chi connectivity index (χ2n) is 2.92.